The first-order valence-electron chi connectivity index (χ1n) is 8.56. The lowest BCUT2D eigenvalue weighted by molar-refractivity contribution is -0.125. The van der Waals surface area contributed by atoms with Gasteiger partial charge in [-0.2, -0.15) is 0 Å². The molecule has 27 heavy (non-hydrogen) atoms. The molecule has 2 amide bonds. The predicted molar refractivity (Wildman–Crippen MR) is 106 cm³/mol. The first-order chi connectivity index (χ1) is 13.0. The molecule has 0 fully saturated rings. The molecule has 3 rings (SSSR count). The van der Waals surface area contributed by atoms with E-state index >= 15 is 0 Å². The Labute approximate surface area is 161 Å². The fourth-order valence-corrected chi connectivity index (χ4v) is 3.19. The van der Waals surface area contributed by atoms with Gasteiger partial charge in [0.1, 0.15) is 11.0 Å². The second-order valence-electron chi connectivity index (χ2n) is 6.22. The van der Waals surface area contributed by atoms with E-state index in [0.717, 1.165) is 21.7 Å². The average Bonchev–Trinajstić information content (AvgIpc) is 3.11. The highest BCUT2D eigenvalue weighted by Crippen LogP contribution is 2.26. The van der Waals surface area contributed by atoms with Gasteiger partial charge in [0.2, 0.25) is 16.9 Å². The van der Waals surface area contributed by atoms with Crippen molar-refractivity contribution >= 4 is 28.3 Å². The summed E-state index contributed by atoms with van der Waals surface area (Å²) in [7, 11) is 0. The van der Waals surface area contributed by atoms with Gasteiger partial charge in [0.15, 0.2) is 0 Å². The van der Waals surface area contributed by atoms with Crippen molar-refractivity contribution in [2.45, 2.75) is 26.3 Å². The molecule has 1 unspecified atom stereocenters. The highest BCUT2D eigenvalue weighted by molar-refractivity contribution is 7.18. The van der Waals surface area contributed by atoms with Gasteiger partial charge in [-0.15, -0.1) is 10.2 Å². The zero-order valence-corrected chi connectivity index (χ0v) is 15.9. The molecule has 1 aromatic heterocycles. The molecule has 0 aliphatic rings. The standard InChI is InChI=1S/C20H20N4O2S/c1-13-8-10-16(11-9-13)19-23-24-20(27-19)22-18(26)14(2)21-17(25)12-15-6-4-3-5-7-15/h3-11,14H,12H2,1-2H3,(H,21,25)(H,22,24,26). The van der Waals surface area contributed by atoms with Crippen molar-refractivity contribution in [1.82, 2.24) is 15.5 Å². The number of nitrogens with zero attached hydrogens (tertiary/aromatic N) is 2. The first kappa shape index (κ1) is 18.7. The number of amides is 2. The van der Waals surface area contributed by atoms with E-state index in [0.29, 0.717) is 5.13 Å². The average molecular weight is 380 g/mol. The van der Waals surface area contributed by atoms with Gasteiger partial charge in [0, 0.05) is 5.56 Å². The van der Waals surface area contributed by atoms with Crippen LogP contribution in [0.5, 0.6) is 0 Å². The molecule has 0 saturated carbocycles. The molecule has 2 N–H and O–H groups in total. The van der Waals surface area contributed by atoms with Crippen LogP contribution in [0.3, 0.4) is 0 Å². The molecule has 0 aliphatic carbocycles. The number of hydrogen-bond acceptors (Lipinski definition) is 5. The Bertz CT molecular complexity index is 923. The summed E-state index contributed by atoms with van der Waals surface area (Å²) in [5.74, 6) is -0.538. The van der Waals surface area contributed by atoms with Crippen LogP contribution in [0.1, 0.15) is 18.1 Å². The summed E-state index contributed by atoms with van der Waals surface area (Å²) in [6, 6.07) is 16.6. The molecule has 6 nitrogen and oxygen atoms in total. The Morgan fingerprint density at radius 2 is 1.74 bits per heavy atom. The van der Waals surface area contributed by atoms with E-state index in [2.05, 4.69) is 20.8 Å². The molecule has 0 bridgehead atoms. The highest BCUT2D eigenvalue weighted by atomic mass is 32.1. The Morgan fingerprint density at radius 3 is 2.44 bits per heavy atom. The van der Waals surface area contributed by atoms with Crippen LogP contribution in [-0.2, 0) is 16.0 Å². The summed E-state index contributed by atoms with van der Waals surface area (Å²) in [5, 5.41) is 14.7. The molecular formula is C20H20N4O2S. The number of anilines is 1. The number of carbonyl (C=O) groups is 2. The maximum absolute atomic E-state index is 12.3. The van der Waals surface area contributed by atoms with Crippen LogP contribution in [0.25, 0.3) is 10.6 Å². The van der Waals surface area contributed by atoms with Crippen LogP contribution < -0.4 is 10.6 Å². The summed E-state index contributed by atoms with van der Waals surface area (Å²) < 4.78 is 0. The second kappa shape index (κ2) is 8.55. The molecule has 7 heteroatoms. The Morgan fingerprint density at radius 1 is 1.04 bits per heavy atom. The number of benzene rings is 2. The zero-order chi connectivity index (χ0) is 19.2. The van der Waals surface area contributed by atoms with Crippen LogP contribution in [0.4, 0.5) is 5.13 Å². The largest absolute Gasteiger partial charge is 0.344 e. The van der Waals surface area contributed by atoms with E-state index < -0.39 is 6.04 Å². The summed E-state index contributed by atoms with van der Waals surface area (Å²) in [6.07, 6.45) is 0.231. The van der Waals surface area contributed by atoms with Crippen molar-refractivity contribution in [2.24, 2.45) is 0 Å². The summed E-state index contributed by atoms with van der Waals surface area (Å²) in [5.41, 5.74) is 3.01. The molecule has 0 aliphatic heterocycles. The molecule has 2 aromatic carbocycles. The molecule has 0 spiro atoms. The van der Waals surface area contributed by atoms with Gasteiger partial charge in [0.05, 0.1) is 6.42 Å². The molecule has 1 heterocycles. The van der Waals surface area contributed by atoms with Gasteiger partial charge in [-0.1, -0.05) is 71.5 Å². The quantitative estimate of drug-likeness (QED) is 0.688. The SMILES string of the molecule is Cc1ccc(-c2nnc(NC(=O)C(C)NC(=O)Cc3ccccc3)s2)cc1. The van der Waals surface area contributed by atoms with Gasteiger partial charge in [0.25, 0.3) is 0 Å². The van der Waals surface area contributed by atoms with Crippen molar-refractivity contribution in [3.05, 3.63) is 65.7 Å². The van der Waals surface area contributed by atoms with E-state index in [1.165, 1.54) is 11.3 Å². The molecule has 0 saturated heterocycles. The molecule has 1 atom stereocenters. The lowest BCUT2D eigenvalue weighted by Crippen LogP contribution is -2.42. The third kappa shape index (κ3) is 5.21. The van der Waals surface area contributed by atoms with Crippen molar-refractivity contribution in [3.8, 4) is 10.6 Å². The summed E-state index contributed by atoms with van der Waals surface area (Å²) in [4.78, 5) is 24.4. The number of rotatable bonds is 6. The molecule has 0 radical (unpaired) electrons. The maximum atomic E-state index is 12.3. The van der Waals surface area contributed by atoms with E-state index in [1.54, 1.807) is 6.92 Å². The van der Waals surface area contributed by atoms with E-state index in [4.69, 9.17) is 0 Å². The van der Waals surface area contributed by atoms with Crippen LogP contribution >= 0.6 is 11.3 Å². The monoisotopic (exact) mass is 380 g/mol. The fourth-order valence-electron chi connectivity index (χ4n) is 2.44. The third-order valence-electron chi connectivity index (χ3n) is 3.93. The minimum atomic E-state index is -0.673. The van der Waals surface area contributed by atoms with E-state index in [1.807, 2.05) is 61.5 Å². The topological polar surface area (TPSA) is 84.0 Å². The molecule has 3 aromatic rings. The lowest BCUT2D eigenvalue weighted by Gasteiger charge is -2.12. The van der Waals surface area contributed by atoms with Gasteiger partial charge >= 0.3 is 0 Å². The van der Waals surface area contributed by atoms with Gasteiger partial charge in [-0.3, -0.25) is 14.9 Å². The van der Waals surface area contributed by atoms with Crippen molar-refractivity contribution < 1.29 is 9.59 Å². The van der Waals surface area contributed by atoms with E-state index in [-0.39, 0.29) is 18.2 Å². The highest BCUT2D eigenvalue weighted by Gasteiger charge is 2.18. The zero-order valence-electron chi connectivity index (χ0n) is 15.1. The third-order valence-corrected chi connectivity index (χ3v) is 4.82. The normalized spacial score (nSPS) is 11.6. The fraction of sp³-hybridized carbons (Fsp3) is 0.200. The van der Waals surface area contributed by atoms with Gasteiger partial charge < -0.3 is 5.32 Å². The smallest absolute Gasteiger partial charge is 0.248 e. The van der Waals surface area contributed by atoms with Gasteiger partial charge in [-0.05, 0) is 19.4 Å². The maximum Gasteiger partial charge on any atom is 0.248 e. The van der Waals surface area contributed by atoms with Crippen molar-refractivity contribution in [1.29, 1.82) is 0 Å². The first-order valence-corrected chi connectivity index (χ1v) is 9.37. The van der Waals surface area contributed by atoms with Crippen LogP contribution in [0.2, 0.25) is 0 Å². The minimum Gasteiger partial charge on any atom is -0.344 e. The number of carbonyl (C=O) groups excluding carboxylic acids is 2. The minimum absolute atomic E-state index is 0.207. The van der Waals surface area contributed by atoms with Crippen LogP contribution in [0, 0.1) is 6.92 Å². The summed E-state index contributed by atoms with van der Waals surface area (Å²) in [6.45, 7) is 3.66. The number of aromatic nitrogens is 2. The van der Waals surface area contributed by atoms with Gasteiger partial charge in [-0.25, -0.2) is 0 Å². The Balaban J connectivity index is 1.55. The van der Waals surface area contributed by atoms with Crippen molar-refractivity contribution in [3.63, 3.8) is 0 Å². The van der Waals surface area contributed by atoms with Crippen LogP contribution in [-0.4, -0.2) is 28.1 Å². The Kier molecular flexibility index (Phi) is 5.93. The van der Waals surface area contributed by atoms with E-state index in [9.17, 15) is 9.59 Å². The Hall–Kier alpha value is -3.06. The second-order valence-corrected chi connectivity index (χ2v) is 7.20. The number of nitrogens with one attached hydrogen (secondary N) is 2. The van der Waals surface area contributed by atoms with Crippen LogP contribution in [0.15, 0.2) is 54.6 Å². The number of aryl methyl sites for hydroxylation is 1. The predicted octanol–water partition coefficient (Wildman–Crippen LogP) is 3.20. The summed E-state index contributed by atoms with van der Waals surface area (Å²) >= 11 is 1.29. The van der Waals surface area contributed by atoms with Crippen molar-refractivity contribution in [2.75, 3.05) is 5.32 Å². The lowest BCUT2D eigenvalue weighted by atomic mass is 10.1. The number of hydrogen-bond donors (Lipinski definition) is 2. The molecular weight excluding hydrogens is 360 g/mol. The molecule has 138 valence electrons.